The molecule has 1 aliphatic heterocycles. The predicted octanol–water partition coefficient (Wildman–Crippen LogP) is 1.65. The van der Waals surface area contributed by atoms with Gasteiger partial charge in [0, 0.05) is 5.75 Å². The van der Waals surface area contributed by atoms with Crippen LogP contribution < -0.4 is 0 Å². The summed E-state index contributed by atoms with van der Waals surface area (Å²) < 4.78 is 5.43. The average molecular weight is 130 g/mol. The minimum absolute atomic E-state index is 0.425. The molecule has 46 valence electrons. The number of hydrogen-bond acceptors (Lipinski definition) is 2. The molecule has 1 saturated heterocycles. The fourth-order valence-electron chi connectivity index (χ4n) is 0.442. The van der Waals surface area contributed by atoms with Gasteiger partial charge in [0.1, 0.15) is 6.61 Å². The van der Waals surface area contributed by atoms with E-state index in [2.05, 4.69) is 13.5 Å². The summed E-state index contributed by atoms with van der Waals surface area (Å²) in [6, 6.07) is 0. The highest BCUT2D eigenvalue weighted by molar-refractivity contribution is 8.07. The van der Waals surface area contributed by atoms with Crippen molar-refractivity contribution in [1.29, 1.82) is 0 Å². The number of rotatable bonds is 3. The van der Waals surface area contributed by atoms with Crippen LogP contribution in [0.1, 0.15) is 6.92 Å². The van der Waals surface area contributed by atoms with E-state index in [1.807, 2.05) is 11.8 Å². The maximum absolute atomic E-state index is 5.00. The normalized spacial score (nSPS) is 34.1. The number of hydrogen-bond donors (Lipinski definition) is 0. The van der Waals surface area contributed by atoms with Crippen LogP contribution in [-0.2, 0) is 4.74 Å². The van der Waals surface area contributed by atoms with E-state index in [9.17, 15) is 0 Å². The number of ether oxygens (including phenoxy) is 1. The summed E-state index contributed by atoms with van der Waals surface area (Å²) >= 11 is 1.94. The Kier molecular flexibility index (Phi) is 1.52. The molecular formula is C6H10OS. The van der Waals surface area contributed by atoms with Crippen molar-refractivity contribution in [2.24, 2.45) is 0 Å². The smallest absolute Gasteiger partial charge is 0.102 e. The molecule has 1 aliphatic rings. The van der Waals surface area contributed by atoms with Crippen LogP contribution in [0.2, 0.25) is 0 Å². The van der Waals surface area contributed by atoms with Gasteiger partial charge < -0.3 is 4.74 Å². The van der Waals surface area contributed by atoms with Gasteiger partial charge in [-0.05, 0) is 6.92 Å². The minimum atomic E-state index is 0.425. The molecule has 0 bridgehead atoms. The first-order valence-electron chi connectivity index (χ1n) is 2.63. The quantitative estimate of drug-likeness (QED) is 0.424. The van der Waals surface area contributed by atoms with Gasteiger partial charge in [0.05, 0.1) is 11.0 Å². The van der Waals surface area contributed by atoms with Gasteiger partial charge in [0.2, 0.25) is 0 Å². The Morgan fingerprint density at radius 1 is 2.00 bits per heavy atom. The summed E-state index contributed by atoms with van der Waals surface area (Å²) in [5.74, 6) is 1.24. The fourth-order valence-corrected chi connectivity index (χ4v) is 0.923. The standard InChI is InChI=1S/C6H10OS/c1-3-7-4-6(2)5-8-6/h3H,1,4-5H2,2H3. The van der Waals surface area contributed by atoms with E-state index in [-0.39, 0.29) is 0 Å². The molecule has 1 atom stereocenters. The van der Waals surface area contributed by atoms with Crippen molar-refractivity contribution in [3.05, 3.63) is 12.8 Å². The van der Waals surface area contributed by atoms with Gasteiger partial charge in [-0.2, -0.15) is 0 Å². The third kappa shape index (κ3) is 1.44. The summed E-state index contributed by atoms with van der Waals surface area (Å²) in [7, 11) is 0. The first kappa shape index (κ1) is 6.02. The second-order valence-electron chi connectivity index (χ2n) is 2.22. The molecular weight excluding hydrogens is 120 g/mol. The summed E-state index contributed by atoms with van der Waals surface area (Å²) in [5, 5.41) is 0. The Hall–Kier alpha value is -0.110. The van der Waals surface area contributed by atoms with E-state index in [4.69, 9.17) is 4.74 Å². The molecule has 0 N–H and O–H groups in total. The lowest BCUT2D eigenvalue weighted by molar-refractivity contribution is 0.237. The Labute approximate surface area is 54.1 Å². The minimum Gasteiger partial charge on any atom is -0.500 e. The molecule has 2 heteroatoms. The first-order chi connectivity index (χ1) is 3.77. The van der Waals surface area contributed by atoms with Crippen molar-refractivity contribution in [1.82, 2.24) is 0 Å². The van der Waals surface area contributed by atoms with Crippen molar-refractivity contribution in [3.63, 3.8) is 0 Å². The van der Waals surface area contributed by atoms with E-state index in [1.165, 1.54) is 12.0 Å². The summed E-state index contributed by atoms with van der Waals surface area (Å²) in [6.07, 6.45) is 1.50. The van der Waals surface area contributed by atoms with Crippen LogP contribution in [0.15, 0.2) is 12.8 Å². The zero-order valence-corrected chi connectivity index (χ0v) is 5.83. The fraction of sp³-hybridized carbons (Fsp3) is 0.667. The second-order valence-corrected chi connectivity index (χ2v) is 3.78. The summed E-state index contributed by atoms with van der Waals surface area (Å²) in [5.41, 5.74) is 0. The van der Waals surface area contributed by atoms with Gasteiger partial charge in [0.15, 0.2) is 0 Å². The lowest BCUT2D eigenvalue weighted by atomic mass is 10.2. The van der Waals surface area contributed by atoms with Crippen molar-refractivity contribution < 1.29 is 4.74 Å². The molecule has 1 heterocycles. The van der Waals surface area contributed by atoms with Crippen LogP contribution in [0.3, 0.4) is 0 Å². The van der Waals surface area contributed by atoms with Crippen molar-refractivity contribution in [2.75, 3.05) is 12.4 Å². The molecule has 1 unspecified atom stereocenters. The van der Waals surface area contributed by atoms with E-state index >= 15 is 0 Å². The van der Waals surface area contributed by atoms with Crippen molar-refractivity contribution >= 4 is 11.8 Å². The van der Waals surface area contributed by atoms with E-state index in [0.29, 0.717) is 4.75 Å². The van der Waals surface area contributed by atoms with Crippen LogP contribution in [0, 0.1) is 0 Å². The molecule has 0 aromatic heterocycles. The van der Waals surface area contributed by atoms with E-state index in [1.54, 1.807) is 0 Å². The Bertz CT molecular complexity index is 96.7. The van der Waals surface area contributed by atoms with Gasteiger partial charge in [-0.3, -0.25) is 0 Å². The third-order valence-corrected chi connectivity index (χ3v) is 2.54. The summed E-state index contributed by atoms with van der Waals surface area (Å²) in [4.78, 5) is 0. The van der Waals surface area contributed by atoms with Gasteiger partial charge >= 0.3 is 0 Å². The molecule has 0 saturated carbocycles. The molecule has 1 nitrogen and oxygen atoms in total. The highest BCUT2D eigenvalue weighted by Gasteiger charge is 2.39. The lowest BCUT2D eigenvalue weighted by Crippen LogP contribution is -2.09. The molecule has 0 radical (unpaired) electrons. The van der Waals surface area contributed by atoms with Crippen molar-refractivity contribution in [2.45, 2.75) is 11.7 Å². The summed E-state index contributed by atoms with van der Waals surface area (Å²) in [6.45, 7) is 6.48. The topological polar surface area (TPSA) is 9.23 Å². The molecule has 8 heavy (non-hydrogen) atoms. The Morgan fingerprint density at radius 3 is 3.00 bits per heavy atom. The van der Waals surface area contributed by atoms with Crippen LogP contribution in [-0.4, -0.2) is 17.1 Å². The van der Waals surface area contributed by atoms with Crippen LogP contribution in [0.5, 0.6) is 0 Å². The highest BCUT2D eigenvalue weighted by atomic mass is 32.2. The number of thioether (sulfide) groups is 1. The largest absolute Gasteiger partial charge is 0.500 e. The van der Waals surface area contributed by atoms with Crippen molar-refractivity contribution in [3.8, 4) is 0 Å². The van der Waals surface area contributed by atoms with Gasteiger partial charge in [-0.25, -0.2) is 0 Å². The highest BCUT2D eigenvalue weighted by Crippen LogP contribution is 2.43. The molecule has 0 aromatic rings. The molecule has 0 aliphatic carbocycles. The molecule has 1 rings (SSSR count). The van der Waals surface area contributed by atoms with E-state index < -0.39 is 0 Å². The maximum atomic E-state index is 5.00. The zero-order chi connectivity index (χ0) is 6.04. The molecule has 0 spiro atoms. The van der Waals surface area contributed by atoms with Gasteiger partial charge in [-0.15, -0.1) is 11.8 Å². The predicted molar refractivity (Wildman–Crippen MR) is 37.0 cm³/mol. The SMILES string of the molecule is C=COCC1(C)CS1. The molecule has 0 aromatic carbocycles. The first-order valence-corrected chi connectivity index (χ1v) is 3.62. The van der Waals surface area contributed by atoms with Crippen LogP contribution in [0.25, 0.3) is 0 Å². The van der Waals surface area contributed by atoms with Crippen LogP contribution in [0.4, 0.5) is 0 Å². The van der Waals surface area contributed by atoms with Crippen LogP contribution >= 0.6 is 11.8 Å². The zero-order valence-electron chi connectivity index (χ0n) is 5.02. The Morgan fingerprint density at radius 2 is 2.62 bits per heavy atom. The molecule has 0 amide bonds. The second kappa shape index (κ2) is 2.02. The van der Waals surface area contributed by atoms with Gasteiger partial charge in [0.25, 0.3) is 0 Å². The lowest BCUT2D eigenvalue weighted by Gasteiger charge is -2.02. The van der Waals surface area contributed by atoms with E-state index in [0.717, 1.165) is 6.61 Å². The Balaban J connectivity index is 2.09. The van der Waals surface area contributed by atoms with Gasteiger partial charge in [-0.1, -0.05) is 6.58 Å². The monoisotopic (exact) mass is 130 g/mol. The average Bonchev–Trinajstić information content (AvgIpc) is 2.45. The molecule has 1 fully saturated rings. The maximum Gasteiger partial charge on any atom is 0.102 e. The third-order valence-electron chi connectivity index (χ3n) is 1.14.